The topological polar surface area (TPSA) is 73.2 Å². The monoisotopic (exact) mass is 335 g/mol. The first-order valence-electron chi connectivity index (χ1n) is 8.54. The molecule has 0 radical (unpaired) electrons. The molecule has 0 aromatic carbocycles. The van der Waals surface area contributed by atoms with Gasteiger partial charge in [-0.05, 0) is 12.5 Å². The Kier molecular flexibility index (Phi) is 3.82. The van der Waals surface area contributed by atoms with Crippen LogP contribution >= 0.6 is 0 Å². The van der Waals surface area contributed by atoms with Crippen molar-refractivity contribution in [2.75, 3.05) is 6.61 Å². The Labute approximate surface area is 147 Å². The van der Waals surface area contributed by atoms with Crippen molar-refractivity contribution in [1.29, 1.82) is 0 Å². The van der Waals surface area contributed by atoms with Crippen LogP contribution in [0.15, 0.2) is 36.1 Å². The fraction of sp³-hybridized carbons (Fsp3) is 0.421. The van der Waals surface area contributed by atoms with Crippen LogP contribution in [-0.2, 0) is 11.3 Å². The lowest BCUT2D eigenvalue weighted by Gasteiger charge is -2.22. The van der Waals surface area contributed by atoms with Crippen LogP contribution in [0, 0.1) is 5.41 Å². The number of hydrogen-bond donors (Lipinski definition) is 0. The lowest BCUT2D eigenvalue weighted by atomic mass is 9.86. The molecule has 25 heavy (non-hydrogen) atoms. The molecule has 0 amide bonds. The Morgan fingerprint density at radius 2 is 1.92 bits per heavy atom. The molecule has 2 aliphatic rings. The van der Waals surface area contributed by atoms with Gasteiger partial charge in [-0.1, -0.05) is 20.8 Å². The van der Waals surface area contributed by atoms with Crippen molar-refractivity contribution in [2.45, 2.75) is 39.7 Å². The minimum absolute atomic E-state index is 0.0627. The van der Waals surface area contributed by atoms with E-state index in [1.54, 1.807) is 18.7 Å². The average molecular weight is 335 g/mol. The minimum atomic E-state index is -0.0627. The Morgan fingerprint density at radius 1 is 1.12 bits per heavy atom. The summed E-state index contributed by atoms with van der Waals surface area (Å²) < 4.78 is 5.36. The lowest BCUT2D eigenvalue weighted by molar-refractivity contribution is 0.222. The molecule has 0 fully saturated rings. The van der Waals surface area contributed by atoms with Crippen LogP contribution in [0.1, 0.15) is 50.1 Å². The third-order valence-electron chi connectivity index (χ3n) is 4.49. The average Bonchev–Trinajstić information content (AvgIpc) is 3.07. The molecular weight excluding hydrogens is 314 g/mol. The Morgan fingerprint density at radius 3 is 2.60 bits per heavy atom. The normalized spacial score (nSPS) is 19.3. The van der Waals surface area contributed by atoms with Gasteiger partial charge in [0.25, 0.3) is 0 Å². The van der Waals surface area contributed by atoms with Gasteiger partial charge in [0, 0.05) is 29.3 Å². The highest BCUT2D eigenvalue weighted by molar-refractivity contribution is 6.05. The fourth-order valence-corrected chi connectivity index (χ4v) is 3.27. The van der Waals surface area contributed by atoms with E-state index < -0.39 is 0 Å². The molecule has 0 aliphatic carbocycles. The Hall–Kier alpha value is -2.63. The standard InChI is InChI=1S/C19H21N5O/c1-19(2,3)17-16-14(10-22-17)15(12-4-6-25-7-5-12)23-18(24-16)13-8-20-11-21-9-13/h4,6,8-9,11-12H,5,7,10H2,1-3H3. The molecule has 0 bridgehead atoms. The van der Waals surface area contributed by atoms with E-state index in [1.807, 2.05) is 0 Å². The van der Waals surface area contributed by atoms with E-state index in [0.717, 1.165) is 34.6 Å². The molecule has 2 aliphatic heterocycles. The lowest BCUT2D eigenvalue weighted by Crippen LogP contribution is -2.22. The highest BCUT2D eigenvalue weighted by atomic mass is 16.5. The van der Waals surface area contributed by atoms with Crippen LogP contribution in [0.2, 0.25) is 0 Å². The van der Waals surface area contributed by atoms with Crippen molar-refractivity contribution < 1.29 is 4.74 Å². The van der Waals surface area contributed by atoms with Crippen LogP contribution in [0.5, 0.6) is 0 Å². The number of nitrogens with zero attached hydrogens (tertiary/aromatic N) is 5. The van der Waals surface area contributed by atoms with Gasteiger partial charge in [0.15, 0.2) is 5.82 Å². The second-order valence-electron chi connectivity index (χ2n) is 7.40. The van der Waals surface area contributed by atoms with Crippen molar-refractivity contribution in [3.05, 3.63) is 48.0 Å². The number of allylic oxidation sites excluding steroid dienone is 1. The summed E-state index contributed by atoms with van der Waals surface area (Å²) in [6, 6.07) is 0. The highest BCUT2D eigenvalue weighted by Gasteiger charge is 2.32. The van der Waals surface area contributed by atoms with E-state index in [1.165, 1.54) is 6.33 Å². The molecule has 6 heteroatoms. The SMILES string of the molecule is CC(C)(C)C1=NCc2c1nc(-c1cncnc1)nc2C1C=COCC1. The van der Waals surface area contributed by atoms with Gasteiger partial charge in [-0.25, -0.2) is 19.9 Å². The quantitative estimate of drug-likeness (QED) is 0.842. The van der Waals surface area contributed by atoms with E-state index >= 15 is 0 Å². The molecule has 0 spiro atoms. The van der Waals surface area contributed by atoms with Gasteiger partial charge in [-0.2, -0.15) is 0 Å². The van der Waals surface area contributed by atoms with Gasteiger partial charge < -0.3 is 4.74 Å². The Balaban J connectivity index is 1.89. The predicted molar refractivity (Wildman–Crippen MR) is 95.2 cm³/mol. The summed E-state index contributed by atoms with van der Waals surface area (Å²) in [5.41, 5.74) is 4.96. The zero-order valence-electron chi connectivity index (χ0n) is 14.7. The van der Waals surface area contributed by atoms with Gasteiger partial charge in [0.1, 0.15) is 6.33 Å². The summed E-state index contributed by atoms with van der Waals surface area (Å²) in [7, 11) is 0. The first-order chi connectivity index (χ1) is 12.0. The number of hydrogen-bond acceptors (Lipinski definition) is 6. The van der Waals surface area contributed by atoms with Gasteiger partial charge in [0.2, 0.25) is 0 Å². The molecule has 6 nitrogen and oxygen atoms in total. The zero-order valence-corrected chi connectivity index (χ0v) is 14.7. The first kappa shape index (κ1) is 15.9. The van der Waals surface area contributed by atoms with Gasteiger partial charge in [-0.3, -0.25) is 4.99 Å². The largest absolute Gasteiger partial charge is 0.501 e. The molecule has 0 saturated heterocycles. The number of aromatic nitrogens is 4. The second kappa shape index (κ2) is 6.02. The van der Waals surface area contributed by atoms with E-state index in [-0.39, 0.29) is 11.3 Å². The number of aliphatic imine (C=N–C) groups is 1. The van der Waals surface area contributed by atoms with Crippen LogP contribution < -0.4 is 0 Å². The van der Waals surface area contributed by atoms with Crippen molar-refractivity contribution in [2.24, 2.45) is 10.4 Å². The van der Waals surface area contributed by atoms with Crippen LogP contribution in [-0.4, -0.2) is 32.3 Å². The first-order valence-corrected chi connectivity index (χ1v) is 8.54. The van der Waals surface area contributed by atoms with Crippen LogP contribution in [0.4, 0.5) is 0 Å². The van der Waals surface area contributed by atoms with Gasteiger partial charge >= 0.3 is 0 Å². The van der Waals surface area contributed by atoms with Gasteiger partial charge in [-0.15, -0.1) is 0 Å². The summed E-state index contributed by atoms with van der Waals surface area (Å²) in [5, 5.41) is 0. The zero-order chi connectivity index (χ0) is 17.4. The van der Waals surface area contributed by atoms with Crippen molar-refractivity contribution in [3.63, 3.8) is 0 Å². The van der Waals surface area contributed by atoms with Crippen LogP contribution in [0.3, 0.4) is 0 Å². The van der Waals surface area contributed by atoms with Crippen LogP contribution in [0.25, 0.3) is 11.4 Å². The molecule has 2 aromatic heterocycles. The third-order valence-corrected chi connectivity index (χ3v) is 4.49. The predicted octanol–water partition coefficient (Wildman–Crippen LogP) is 3.30. The molecule has 128 valence electrons. The highest BCUT2D eigenvalue weighted by Crippen LogP contribution is 2.35. The maximum Gasteiger partial charge on any atom is 0.163 e. The van der Waals surface area contributed by atoms with E-state index in [4.69, 9.17) is 19.7 Å². The molecular formula is C19H21N5O. The number of ether oxygens (including phenoxy) is 1. The molecule has 1 atom stereocenters. The maximum absolute atomic E-state index is 5.36. The fourth-order valence-electron chi connectivity index (χ4n) is 3.27. The summed E-state index contributed by atoms with van der Waals surface area (Å²) >= 11 is 0. The second-order valence-corrected chi connectivity index (χ2v) is 7.40. The van der Waals surface area contributed by atoms with Gasteiger partial charge in [0.05, 0.1) is 42.1 Å². The van der Waals surface area contributed by atoms with E-state index in [2.05, 4.69) is 36.8 Å². The molecule has 2 aromatic rings. The van der Waals surface area contributed by atoms with Crippen molar-refractivity contribution in [1.82, 2.24) is 19.9 Å². The number of fused-ring (bicyclic) bond motifs is 1. The summed E-state index contributed by atoms with van der Waals surface area (Å²) in [4.78, 5) is 22.7. The van der Waals surface area contributed by atoms with Crippen molar-refractivity contribution >= 4 is 5.71 Å². The summed E-state index contributed by atoms with van der Waals surface area (Å²) in [5.74, 6) is 0.886. The van der Waals surface area contributed by atoms with Crippen molar-refractivity contribution in [3.8, 4) is 11.4 Å². The molecule has 0 N–H and O–H groups in total. The molecule has 0 saturated carbocycles. The maximum atomic E-state index is 5.36. The molecule has 4 heterocycles. The Bertz CT molecular complexity index is 852. The minimum Gasteiger partial charge on any atom is -0.501 e. The summed E-state index contributed by atoms with van der Waals surface area (Å²) in [6.07, 6.45) is 9.78. The number of rotatable bonds is 2. The van der Waals surface area contributed by atoms with E-state index in [9.17, 15) is 0 Å². The molecule has 4 rings (SSSR count). The summed E-state index contributed by atoms with van der Waals surface area (Å²) in [6.45, 7) is 7.86. The molecule has 1 unspecified atom stereocenters. The third kappa shape index (κ3) is 2.92. The smallest absolute Gasteiger partial charge is 0.163 e. The van der Waals surface area contributed by atoms with E-state index in [0.29, 0.717) is 19.0 Å².